The summed E-state index contributed by atoms with van der Waals surface area (Å²) in [5.41, 5.74) is 2.08. The van der Waals surface area contributed by atoms with Crippen LogP contribution in [0.25, 0.3) is 22.6 Å². The molecule has 3 aromatic rings. The second kappa shape index (κ2) is 6.88. The number of fused-ring (bicyclic) bond motifs is 3. The van der Waals surface area contributed by atoms with Gasteiger partial charge in [0.2, 0.25) is 0 Å². The summed E-state index contributed by atoms with van der Waals surface area (Å²) in [4.78, 5) is 17.0. The average molecular weight is 429 g/mol. The number of anilines is 1. The minimum absolute atomic E-state index is 0.124. The van der Waals surface area contributed by atoms with E-state index < -0.39 is 5.56 Å². The SMILES string of the molecule is CC(C)C[C@@H]1Nc2ccc(Br)cc2-c2nc(=O)c(-c3ccc(F)cc3)nn21. The summed E-state index contributed by atoms with van der Waals surface area (Å²) in [6, 6.07) is 11.6. The molecule has 0 amide bonds. The van der Waals surface area contributed by atoms with Crippen molar-refractivity contribution in [1.29, 1.82) is 0 Å². The van der Waals surface area contributed by atoms with Crippen LogP contribution < -0.4 is 10.9 Å². The van der Waals surface area contributed by atoms with Crippen molar-refractivity contribution < 1.29 is 4.39 Å². The number of aromatic nitrogens is 3. The van der Waals surface area contributed by atoms with E-state index in [0.29, 0.717) is 17.3 Å². The van der Waals surface area contributed by atoms with E-state index in [1.165, 1.54) is 12.1 Å². The zero-order valence-corrected chi connectivity index (χ0v) is 16.5. The Balaban J connectivity index is 1.92. The first kappa shape index (κ1) is 17.9. The molecule has 0 saturated carbocycles. The molecule has 0 saturated heterocycles. The maximum absolute atomic E-state index is 13.3. The lowest BCUT2D eigenvalue weighted by molar-refractivity contribution is 0.398. The molecule has 2 aromatic carbocycles. The molecule has 0 bridgehead atoms. The van der Waals surface area contributed by atoms with Crippen molar-refractivity contribution >= 4 is 21.6 Å². The highest BCUT2D eigenvalue weighted by Crippen LogP contribution is 2.37. The largest absolute Gasteiger partial charge is 0.363 e. The highest BCUT2D eigenvalue weighted by molar-refractivity contribution is 9.10. The molecule has 1 atom stereocenters. The van der Waals surface area contributed by atoms with E-state index in [4.69, 9.17) is 0 Å². The second-order valence-electron chi connectivity index (χ2n) is 7.02. The van der Waals surface area contributed by atoms with Crippen LogP contribution in [-0.4, -0.2) is 14.8 Å². The number of nitrogens with zero attached hydrogens (tertiary/aromatic N) is 3. The number of nitrogens with one attached hydrogen (secondary N) is 1. The van der Waals surface area contributed by atoms with Crippen molar-refractivity contribution in [3.63, 3.8) is 0 Å². The first-order chi connectivity index (χ1) is 12.9. The molecule has 1 aliphatic heterocycles. The maximum Gasteiger partial charge on any atom is 0.300 e. The third kappa shape index (κ3) is 3.39. The molecule has 27 heavy (non-hydrogen) atoms. The fourth-order valence-electron chi connectivity index (χ4n) is 3.26. The second-order valence-corrected chi connectivity index (χ2v) is 7.94. The smallest absolute Gasteiger partial charge is 0.300 e. The molecule has 1 aromatic heterocycles. The lowest BCUT2D eigenvalue weighted by Gasteiger charge is -2.31. The van der Waals surface area contributed by atoms with Crippen LogP contribution >= 0.6 is 15.9 Å². The van der Waals surface area contributed by atoms with Crippen LogP contribution in [0.1, 0.15) is 26.4 Å². The Kier molecular flexibility index (Phi) is 4.55. The molecule has 7 heteroatoms. The highest BCUT2D eigenvalue weighted by atomic mass is 79.9. The summed E-state index contributed by atoms with van der Waals surface area (Å²) in [6.45, 7) is 4.27. The van der Waals surface area contributed by atoms with Gasteiger partial charge in [-0.15, -0.1) is 0 Å². The van der Waals surface area contributed by atoms with Crippen LogP contribution in [0, 0.1) is 11.7 Å². The Morgan fingerprint density at radius 1 is 1.22 bits per heavy atom. The predicted molar refractivity (Wildman–Crippen MR) is 107 cm³/mol. The molecule has 5 nitrogen and oxygen atoms in total. The normalized spacial score (nSPS) is 15.2. The van der Waals surface area contributed by atoms with E-state index in [1.807, 2.05) is 18.2 Å². The van der Waals surface area contributed by atoms with Gasteiger partial charge in [-0.1, -0.05) is 29.8 Å². The van der Waals surface area contributed by atoms with Crippen molar-refractivity contribution in [2.75, 3.05) is 5.32 Å². The molecule has 2 heterocycles. The monoisotopic (exact) mass is 428 g/mol. The molecule has 0 spiro atoms. The number of hydrogen-bond donors (Lipinski definition) is 1. The summed E-state index contributed by atoms with van der Waals surface area (Å²) < 4.78 is 15.9. The van der Waals surface area contributed by atoms with Gasteiger partial charge in [-0.25, -0.2) is 9.07 Å². The van der Waals surface area contributed by atoms with Crippen LogP contribution in [0.5, 0.6) is 0 Å². The average Bonchev–Trinajstić information content (AvgIpc) is 2.62. The molecule has 0 aliphatic carbocycles. The van der Waals surface area contributed by atoms with Gasteiger partial charge in [-0.3, -0.25) is 4.79 Å². The van der Waals surface area contributed by atoms with Crippen LogP contribution in [0.2, 0.25) is 0 Å². The van der Waals surface area contributed by atoms with Gasteiger partial charge in [0.1, 0.15) is 12.0 Å². The van der Waals surface area contributed by atoms with Gasteiger partial charge in [0.25, 0.3) is 5.56 Å². The molecular weight excluding hydrogens is 411 g/mol. The van der Waals surface area contributed by atoms with Gasteiger partial charge in [-0.2, -0.15) is 10.1 Å². The van der Waals surface area contributed by atoms with Gasteiger partial charge in [0.15, 0.2) is 11.5 Å². The first-order valence-electron chi connectivity index (χ1n) is 8.75. The van der Waals surface area contributed by atoms with Crippen LogP contribution in [0.15, 0.2) is 51.7 Å². The molecule has 4 rings (SSSR count). The van der Waals surface area contributed by atoms with Crippen molar-refractivity contribution in [2.45, 2.75) is 26.4 Å². The van der Waals surface area contributed by atoms with Gasteiger partial charge < -0.3 is 5.32 Å². The minimum atomic E-state index is -0.427. The van der Waals surface area contributed by atoms with E-state index in [1.54, 1.807) is 16.8 Å². The van der Waals surface area contributed by atoms with Crippen LogP contribution in [-0.2, 0) is 0 Å². The molecular formula is C20H18BrFN4O. The fourth-order valence-corrected chi connectivity index (χ4v) is 3.62. The Morgan fingerprint density at radius 2 is 1.96 bits per heavy atom. The standard InChI is InChI=1S/C20H18BrFN4O/c1-11(2)9-17-23-16-8-5-13(21)10-15(16)19-24-20(27)18(25-26(17)19)12-3-6-14(22)7-4-12/h3-8,10-11,17,23H,9H2,1-2H3/t17-/m1/s1. The summed E-state index contributed by atoms with van der Waals surface area (Å²) in [6.07, 6.45) is 0.698. The highest BCUT2D eigenvalue weighted by Gasteiger charge is 2.27. The van der Waals surface area contributed by atoms with Crippen molar-refractivity contribution in [3.05, 3.63) is 63.1 Å². The van der Waals surface area contributed by atoms with Crippen LogP contribution in [0.3, 0.4) is 0 Å². The quantitative estimate of drug-likeness (QED) is 0.647. The Bertz CT molecular complexity index is 1060. The van der Waals surface area contributed by atoms with E-state index in [0.717, 1.165) is 22.1 Å². The van der Waals surface area contributed by atoms with Crippen molar-refractivity contribution in [3.8, 4) is 22.6 Å². The topological polar surface area (TPSA) is 59.8 Å². The first-order valence-corrected chi connectivity index (χ1v) is 9.55. The van der Waals surface area contributed by atoms with E-state index in [-0.39, 0.29) is 17.7 Å². The van der Waals surface area contributed by atoms with E-state index >= 15 is 0 Å². The Hall–Kier alpha value is -2.54. The predicted octanol–water partition coefficient (Wildman–Crippen LogP) is 4.84. The maximum atomic E-state index is 13.3. The van der Waals surface area contributed by atoms with Gasteiger partial charge in [-0.05, 0) is 54.8 Å². The number of benzene rings is 2. The van der Waals surface area contributed by atoms with Gasteiger partial charge in [0.05, 0.1) is 0 Å². The molecule has 0 radical (unpaired) electrons. The summed E-state index contributed by atoms with van der Waals surface area (Å²) in [5.74, 6) is 0.595. The van der Waals surface area contributed by atoms with Crippen molar-refractivity contribution in [1.82, 2.24) is 14.8 Å². The molecule has 0 unspecified atom stereocenters. The van der Waals surface area contributed by atoms with Crippen LogP contribution in [0.4, 0.5) is 10.1 Å². The third-order valence-electron chi connectivity index (χ3n) is 4.49. The molecule has 1 N–H and O–H groups in total. The lowest BCUT2D eigenvalue weighted by atomic mass is 10.0. The number of hydrogen-bond acceptors (Lipinski definition) is 4. The van der Waals surface area contributed by atoms with Crippen molar-refractivity contribution in [2.24, 2.45) is 5.92 Å². The molecule has 0 fully saturated rings. The summed E-state index contributed by atoms with van der Waals surface area (Å²) in [7, 11) is 0. The zero-order chi connectivity index (χ0) is 19.1. The number of halogens is 2. The fraction of sp³-hybridized carbons (Fsp3) is 0.250. The third-order valence-corrected chi connectivity index (χ3v) is 4.98. The summed E-state index contributed by atoms with van der Waals surface area (Å²) in [5, 5.41) is 8.11. The molecule has 138 valence electrons. The number of rotatable bonds is 3. The van der Waals surface area contributed by atoms with Gasteiger partial charge in [0, 0.05) is 21.3 Å². The lowest BCUT2D eigenvalue weighted by Crippen LogP contribution is -2.32. The Labute approximate surface area is 164 Å². The summed E-state index contributed by atoms with van der Waals surface area (Å²) >= 11 is 3.48. The van der Waals surface area contributed by atoms with E-state index in [2.05, 4.69) is 45.2 Å². The zero-order valence-electron chi connectivity index (χ0n) is 14.9. The minimum Gasteiger partial charge on any atom is -0.363 e. The Morgan fingerprint density at radius 3 is 2.67 bits per heavy atom. The molecule has 1 aliphatic rings. The van der Waals surface area contributed by atoms with E-state index in [9.17, 15) is 9.18 Å². The van der Waals surface area contributed by atoms with Gasteiger partial charge >= 0.3 is 0 Å².